The lowest BCUT2D eigenvalue weighted by Gasteiger charge is -2.28. The van der Waals surface area contributed by atoms with Gasteiger partial charge in [0.2, 0.25) is 0 Å². The molecule has 0 radical (unpaired) electrons. The number of amides is 1. The summed E-state index contributed by atoms with van der Waals surface area (Å²) in [6, 6.07) is 1.75. The number of rotatable bonds is 5. The van der Waals surface area contributed by atoms with Crippen molar-refractivity contribution in [2.24, 2.45) is 7.05 Å². The molecule has 0 bridgehead atoms. The largest absolute Gasteiger partial charge is 0.389 e. The lowest BCUT2D eigenvalue weighted by atomic mass is 10.1. The molecule has 0 aliphatic heterocycles. The Morgan fingerprint density at radius 3 is 2.71 bits per heavy atom. The summed E-state index contributed by atoms with van der Waals surface area (Å²) in [6.07, 6.45) is 2.12. The van der Waals surface area contributed by atoms with Crippen LogP contribution < -0.4 is 5.56 Å². The van der Waals surface area contributed by atoms with Crippen LogP contribution in [0.3, 0.4) is 0 Å². The molecular formula is C17H24N4O3. The summed E-state index contributed by atoms with van der Waals surface area (Å²) in [5.74, 6) is 0.126. The number of aryl methyl sites for hydroxylation is 1. The summed E-state index contributed by atoms with van der Waals surface area (Å²) in [4.78, 5) is 31.5. The molecule has 7 heteroatoms. The standard InChI is InChI=1S/C17H24N4O3/c1-5-21(9-17(2,3)24)16(23)11-8-12(10-6-7-10)18-14-13(11)15(22)19-20(14)4/h8,10,24H,5-7,9H2,1-4H3,(H,19,22). The highest BCUT2D eigenvalue weighted by molar-refractivity contribution is 6.05. The van der Waals surface area contributed by atoms with Crippen molar-refractivity contribution < 1.29 is 9.90 Å². The molecule has 1 aliphatic carbocycles. The van der Waals surface area contributed by atoms with Gasteiger partial charge < -0.3 is 10.0 Å². The number of H-pyrrole nitrogens is 1. The van der Waals surface area contributed by atoms with Crippen molar-refractivity contribution in [1.82, 2.24) is 19.7 Å². The number of nitrogens with zero attached hydrogens (tertiary/aromatic N) is 3. The molecule has 2 heterocycles. The fourth-order valence-electron chi connectivity index (χ4n) is 3.00. The van der Waals surface area contributed by atoms with E-state index in [0.717, 1.165) is 18.5 Å². The van der Waals surface area contributed by atoms with E-state index < -0.39 is 5.60 Å². The van der Waals surface area contributed by atoms with Crippen LogP contribution in [-0.2, 0) is 7.05 Å². The second-order valence-electron chi connectivity index (χ2n) is 7.20. The summed E-state index contributed by atoms with van der Waals surface area (Å²) in [5.41, 5.74) is 0.423. The minimum Gasteiger partial charge on any atom is -0.389 e. The van der Waals surface area contributed by atoms with Gasteiger partial charge in [-0.1, -0.05) is 0 Å². The molecule has 2 aromatic heterocycles. The molecule has 1 saturated carbocycles. The number of carbonyl (C=O) groups is 1. The van der Waals surface area contributed by atoms with Gasteiger partial charge in [0.15, 0.2) is 5.65 Å². The van der Waals surface area contributed by atoms with Crippen LogP contribution in [0.5, 0.6) is 0 Å². The fourth-order valence-corrected chi connectivity index (χ4v) is 3.00. The molecule has 0 atom stereocenters. The number of aliphatic hydroxyl groups is 1. The zero-order chi connectivity index (χ0) is 17.6. The molecule has 2 aromatic rings. The van der Waals surface area contributed by atoms with Gasteiger partial charge in [-0.2, -0.15) is 0 Å². The maximum absolute atomic E-state index is 13.0. The highest BCUT2D eigenvalue weighted by Gasteiger charge is 2.30. The number of hydrogen-bond donors (Lipinski definition) is 2. The normalized spacial score (nSPS) is 15.0. The highest BCUT2D eigenvalue weighted by Crippen LogP contribution is 2.40. The lowest BCUT2D eigenvalue weighted by Crippen LogP contribution is -2.42. The zero-order valence-electron chi connectivity index (χ0n) is 14.6. The second-order valence-corrected chi connectivity index (χ2v) is 7.20. The molecule has 0 unspecified atom stereocenters. The van der Waals surface area contributed by atoms with Crippen LogP contribution >= 0.6 is 0 Å². The maximum Gasteiger partial charge on any atom is 0.274 e. The van der Waals surface area contributed by atoms with Crippen LogP contribution in [0, 0.1) is 0 Å². The van der Waals surface area contributed by atoms with Gasteiger partial charge in [0.25, 0.3) is 11.5 Å². The van der Waals surface area contributed by atoms with Crippen LogP contribution in [0.1, 0.15) is 55.6 Å². The van der Waals surface area contributed by atoms with E-state index in [1.165, 1.54) is 0 Å². The highest BCUT2D eigenvalue weighted by atomic mass is 16.3. The number of hydrogen-bond acceptors (Lipinski definition) is 4. The first-order chi connectivity index (χ1) is 11.2. The van der Waals surface area contributed by atoms with E-state index >= 15 is 0 Å². The van der Waals surface area contributed by atoms with E-state index in [1.54, 1.807) is 36.5 Å². The van der Waals surface area contributed by atoms with E-state index in [0.29, 0.717) is 29.1 Å². The van der Waals surface area contributed by atoms with Crippen molar-refractivity contribution >= 4 is 16.9 Å². The summed E-state index contributed by atoms with van der Waals surface area (Å²) in [7, 11) is 1.72. The fraction of sp³-hybridized carbons (Fsp3) is 0.588. The third-order valence-corrected chi connectivity index (χ3v) is 4.31. The Kier molecular flexibility index (Phi) is 3.99. The van der Waals surface area contributed by atoms with Crippen molar-refractivity contribution in [3.63, 3.8) is 0 Å². The van der Waals surface area contributed by atoms with Crippen molar-refractivity contribution in [2.75, 3.05) is 13.1 Å². The van der Waals surface area contributed by atoms with Gasteiger partial charge in [0.1, 0.15) is 0 Å². The Morgan fingerprint density at radius 2 is 2.17 bits per heavy atom. The van der Waals surface area contributed by atoms with Crippen LogP contribution in [0.2, 0.25) is 0 Å². The minimum absolute atomic E-state index is 0.204. The maximum atomic E-state index is 13.0. The summed E-state index contributed by atoms with van der Waals surface area (Å²) in [6.45, 7) is 5.84. The minimum atomic E-state index is -1.000. The molecule has 7 nitrogen and oxygen atoms in total. The third-order valence-electron chi connectivity index (χ3n) is 4.31. The average Bonchev–Trinajstić information content (AvgIpc) is 3.30. The zero-order valence-corrected chi connectivity index (χ0v) is 14.6. The molecular weight excluding hydrogens is 308 g/mol. The monoisotopic (exact) mass is 332 g/mol. The van der Waals surface area contributed by atoms with Gasteiger partial charge in [-0.05, 0) is 39.7 Å². The number of likely N-dealkylation sites (N-methyl/N-ethyl adjacent to an activating group) is 1. The Labute approximate surface area is 140 Å². The molecule has 0 aromatic carbocycles. The van der Waals surface area contributed by atoms with E-state index in [-0.39, 0.29) is 18.0 Å². The van der Waals surface area contributed by atoms with Crippen LogP contribution in [0.4, 0.5) is 0 Å². The van der Waals surface area contributed by atoms with Gasteiger partial charge in [0.05, 0.1) is 16.6 Å². The number of nitrogens with one attached hydrogen (secondary N) is 1. The van der Waals surface area contributed by atoms with E-state index in [1.807, 2.05) is 6.92 Å². The smallest absolute Gasteiger partial charge is 0.274 e. The first kappa shape index (κ1) is 16.7. The van der Waals surface area contributed by atoms with Crippen molar-refractivity contribution in [3.05, 3.63) is 27.7 Å². The quantitative estimate of drug-likeness (QED) is 0.865. The van der Waals surface area contributed by atoms with Gasteiger partial charge in [-0.3, -0.25) is 19.4 Å². The molecule has 130 valence electrons. The molecule has 3 rings (SSSR count). The molecule has 1 amide bonds. The average molecular weight is 332 g/mol. The predicted octanol–water partition coefficient (Wildman–Crippen LogP) is 1.37. The molecule has 2 N–H and O–H groups in total. The van der Waals surface area contributed by atoms with Gasteiger partial charge in [0, 0.05) is 31.7 Å². The molecule has 0 saturated heterocycles. The molecule has 1 fully saturated rings. The van der Waals surface area contributed by atoms with Crippen LogP contribution in [0.25, 0.3) is 11.0 Å². The van der Waals surface area contributed by atoms with Crippen LogP contribution in [0.15, 0.2) is 10.9 Å². The number of carbonyl (C=O) groups excluding carboxylic acids is 1. The topological polar surface area (TPSA) is 91.2 Å². The summed E-state index contributed by atoms with van der Waals surface area (Å²) >= 11 is 0. The van der Waals surface area contributed by atoms with Gasteiger partial charge >= 0.3 is 0 Å². The van der Waals surface area contributed by atoms with E-state index in [2.05, 4.69) is 10.1 Å². The number of aromatic amines is 1. The predicted molar refractivity (Wildman–Crippen MR) is 91.2 cm³/mol. The SMILES string of the molecule is CCN(CC(C)(C)O)C(=O)c1cc(C2CC2)nc2c1c(=O)[nH]n2C. The number of fused-ring (bicyclic) bond motifs is 1. The Balaban J connectivity index is 2.13. The number of aromatic nitrogens is 3. The lowest BCUT2D eigenvalue weighted by molar-refractivity contribution is 0.0315. The van der Waals surface area contributed by atoms with Gasteiger partial charge in [-0.15, -0.1) is 0 Å². The Hall–Kier alpha value is -2.15. The van der Waals surface area contributed by atoms with E-state index in [9.17, 15) is 14.7 Å². The molecule has 24 heavy (non-hydrogen) atoms. The third kappa shape index (κ3) is 3.08. The Bertz CT molecular complexity index is 840. The molecule has 1 aliphatic rings. The second kappa shape index (κ2) is 5.73. The van der Waals surface area contributed by atoms with Gasteiger partial charge in [-0.25, -0.2) is 4.98 Å². The molecule has 0 spiro atoms. The van der Waals surface area contributed by atoms with Crippen molar-refractivity contribution in [3.8, 4) is 0 Å². The first-order valence-corrected chi connectivity index (χ1v) is 8.32. The van der Waals surface area contributed by atoms with Crippen molar-refractivity contribution in [2.45, 2.75) is 45.1 Å². The van der Waals surface area contributed by atoms with E-state index in [4.69, 9.17) is 0 Å². The summed E-state index contributed by atoms with van der Waals surface area (Å²) in [5, 5.41) is 13.1. The van der Waals surface area contributed by atoms with Crippen molar-refractivity contribution in [1.29, 1.82) is 0 Å². The number of pyridine rings is 1. The Morgan fingerprint density at radius 1 is 1.50 bits per heavy atom. The summed E-state index contributed by atoms with van der Waals surface area (Å²) < 4.78 is 1.56. The van der Waals surface area contributed by atoms with Crippen LogP contribution in [-0.4, -0.2) is 49.4 Å². The first-order valence-electron chi connectivity index (χ1n) is 8.32.